The van der Waals surface area contributed by atoms with Gasteiger partial charge in [0, 0.05) is 11.6 Å². The quantitative estimate of drug-likeness (QED) is 0.535. The molecule has 1 aliphatic rings. The summed E-state index contributed by atoms with van der Waals surface area (Å²) in [5.74, 6) is 1.49. The number of nitrogens with zero attached hydrogens (tertiary/aromatic N) is 2. The van der Waals surface area contributed by atoms with E-state index in [0.717, 1.165) is 11.5 Å². The van der Waals surface area contributed by atoms with Gasteiger partial charge in [-0.15, -0.1) is 0 Å². The zero-order valence-corrected chi connectivity index (χ0v) is 9.93. The number of hydrogen-bond acceptors (Lipinski definition) is 2. The molecule has 0 atom stereocenters. The van der Waals surface area contributed by atoms with Crippen molar-refractivity contribution in [2.75, 3.05) is 0 Å². The number of hydrogen-bond donors (Lipinski definition) is 0. The lowest BCUT2D eigenvalue weighted by Gasteiger charge is -2.12. The minimum atomic E-state index is 0.532. The van der Waals surface area contributed by atoms with Crippen molar-refractivity contribution < 1.29 is 0 Å². The van der Waals surface area contributed by atoms with Crippen LogP contribution >= 0.6 is 11.6 Å². The molecular weight excluding hydrogens is 208 g/mol. The van der Waals surface area contributed by atoms with Crippen LogP contribution in [-0.4, -0.2) is 9.97 Å². The maximum absolute atomic E-state index is 5.96. The molecule has 1 saturated carbocycles. The first-order valence-corrected chi connectivity index (χ1v) is 6.14. The van der Waals surface area contributed by atoms with Crippen molar-refractivity contribution >= 4 is 11.6 Å². The lowest BCUT2D eigenvalue weighted by Crippen LogP contribution is -2.05. The van der Waals surface area contributed by atoms with E-state index >= 15 is 0 Å². The van der Waals surface area contributed by atoms with E-state index in [2.05, 4.69) is 9.97 Å². The summed E-state index contributed by atoms with van der Waals surface area (Å²) in [6.45, 7) is 1.98. The number of aromatic nitrogens is 2. The van der Waals surface area contributed by atoms with Crippen LogP contribution in [0.4, 0.5) is 0 Å². The normalized spacial score (nSPS) is 18.8. The monoisotopic (exact) mass is 224 g/mol. The summed E-state index contributed by atoms with van der Waals surface area (Å²) in [6, 6.07) is 1.82. The molecule has 2 rings (SSSR count). The topological polar surface area (TPSA) is 25.8 Å². The van der Waals surface area contributed by atoms with Crippen molar-refractivity contribution in [3.63, 3.8) is 0 Å². The molecule has 1 heterocycles. The average molecular weight is 225 g/mol. The molecule has 1 fully saturated rings. The minimum absolute atomic E-state index is 0.532. The van der Waals surface area contributed by atoms with Crippen molar-refractivity contribution in [1.82, 2.24) is 9.97 Å². The number of rotatable bonds is 1. The predicted molar refractivity (Wildman–Crippen MR) is 62.2 cm³/mol. The fourth-order valence-corrected chi connectivity index (χ4v) is 2.52. The van der Waals surface area contributed by atoms with E-state index in [1.807, 2.05) is 13.0 Å². The van der Waals surface area contributed by atoms with Gasteiger partial charge in [0.1, 0.15) is 11.0 Å². The summed E-state index contributed by atoms with van der Waals surface area (Å²) in [5, 5.41) is 0.585. The number of halogens is 1. The molecule has 1 aliphatic carbocycles. The highest BCUT2D eigenvalue weighted by atomic mass is 35.5. The molecule has 0 saturated heterocycles. The summed E-state index contributed by atoms with van der Waals surface area (Å²) < 4.78 is 0. The van der Waals surface area contributed by atoms with E-state index in [9.17, 15) is 0 Å². The molecule has 0 amide bonds. The largest absolute Gasteiger partial charge is 0.238 e. The Hall–Kier alpha value is -0.630. The van der Waals surface area contributed by atoms with Gasteiger partial charge < -0.3 is 0 Å². The molecule has 1 aromatic rings. The van der Waals surface area contributed by atoms with Gasteiger partial charge in [0.05, 0.1) is 0 Å². The van der Waals surface area contributed by atoms with Crippen LogP contribution in [0.25, 0.3) is 0 Å². The van der Waals surface area contributed by atoms with E-state index in [4.69, 9.17) is 11.6 Å². The molecule has 0 aliphatic heterocycles. The molecule has 0 unspecified atom stereocenters. The highest BCUT2D eigenvalue weighted by molar-refractivity contribution is 6.29. The van der Waals surface area contributed by atoms with E-state index < -0.39 is 0 Å². The molecule has 0 spiro atoms. The third-order valence-electron chi connectivity index (χ3n) is 3.06. The first-order chi connectivity index (χ1) is 7.25. The van der Waals surface area contributed by atoms with Crippen LogP contribution in [0.15, 0.2) is 6.07 Å². The Bertz CT molecular complexity index is 310. The van der Waals surface area contributed by atoms with E-state index in [0.29, 0.717) is 11.1 Å². The lowest BCUT2D eigenvalue weighted by molar-refractivity contribution is 0.559. The Morgan fingerprint density at radius 1 is 1.13 bits per heavy atom. The van der Waals surface area contributed by atoms with Gasteiger partial charge in [-0.05, 0) is 25.8 Å². The first kappa shape index (κ1) is 10.9. The highest BCUT2D eigenvalue weighted by Gasteiger charge is 2.17. The zero-order valence-electron chi connectivity index (χ0n) is 9.17. The second-order valence-corrected chi connectivity index (χ2v) is 4.77. The zero-order chi connectivity index (χ0) is 10.7. The van der Waals surface area contributed by atoms with E-state index in [1.54, 1.807) is 0 Å². The molecule has 0 radical (unpaired) electrons. The summed E-state index contributed by atoms with van der Waals surface area (Å²) in [7, 11) is 0. The van der Waals surface area contributed by atoms with Crippen LogP contribution in [-0.2, 0) is 0 Å². The van der Waals surface area contributed by atoms with Crippen LogP contribution in [0.5, 0.6) is 0 Å². The standard InChI is InChI=1S/C12H17ClN2/c1-9-8-11(13)15-12(14-9)10-6-4-2-3-5-7-10/h8,10H,2-7H2,1H3. The Labute approximate surface area is 96.1 Å². The second-order valence-electron chi connectivity index (χ2n) is 4.38. The molecule has 3 heteroatoms. The summed E-state index contributed by atoms with van der Waals surface area (Å²) in [5.41, 5.74) is 0.981. The first-order valence-electron chi connectivity index (χ1n) is 5.77. The molecule has 2 nitrogen and oxygen atoms in total. The van der Waals surface area contributed by atoms with Gasteiger partial charge in [-0.25, -0.2) is 9.97 Å². The molecule has 82 valence electrons. The van der Waals surface area contributed by atoms with Gasteiger partial charge in [-0.2, -0.15) is 0 Å². The molecule has 1 aromatic heterocycles. The second kappa shape index (κ2) is 4.93. The third-order valence-corrected chi connectivity index (χ3v) is 3.25. The molecule has 0 aromatic carbocycles. The van der Waals surface area contributed by atoms with Crippen molar-refractivity contribution in [1.29, 1.82) is 0 Å². The minimum Gasteiger partial charge on any atom is -0.238 e. The fraction of sp³-hybridized carbons (Fsp3) is 0.667. The highest BCUT2D eigenvalue weighted by Crippen LogP contribution is 2.30. The van der Waals surface area contributed by atoms with Gasteiger partial charge >= 0.3 is 0 Å². The van der Waals surface area contributed by atoms with E-state index in [1.165, 1.54) is 38.5 Å². The summed E-state index contributed by atoms with van der Waals surface area (Å²) in [6.07, 6.45) is 7.77. The van der Waals surface area contributed by atoms with Gasteiger partial charge in [0.25, 0.3) is 0 Å². The predicted octanol–water partition coefficient (Wildman–Crippen LogP) is 3.88. The Kier molecular flexibility index (Phi) is 3.57. The summed E-state index contributed by atoms with van der Waals surface area (Å²) in [4.78, 5) is 8.86. The van der Waals surface area contributed by atoms with Crippen LogP contribution in [0.3, 0.4) is 0 Å². The van der Waals surface area contributed by atoms with Crippen LogP contribution in [0.1, 0.15) is 56.0 Å². The van der Waals surface area contributed by atoms with Crippen LogP contribution in [0, 0.1) is 6.92 Å². The Morgan fingerprint density at radius 3 is 2.40 bits per heavy atom. The fourth-order valence-electron chi connectivity index (χ4n) is 2.27. The Morgan fingerprint density at radius 2 is 1.80 bits per heavy atom. The Balaban J connectivity index is 2.19. The van der Waals surface area contributed by atoms with Gasteiger partial charge in [-0.3, -0.25) is 0 Å². The molecule has 15 heavy (non-hydrogen) atoms. The third kappa shape index (κ3) is 2.91. The van der Waals surface area contributed by atoms with Crippen molar-refractivity contribution in [3.8, 4) is 0 Å². The SMILES string of the molecule is Cc1cc(Cl)nc(C2CCCCCC2)n1. The molecular formula is C12H17ClN2. The smallest absolute Gasteiger partial charge is 0.133 e. The maximum atomic E-state index is 5.96. The van der Waals surface area contributed by atoms with Gasteiger partial charge in [-0.1, -0.05) is 37.3 Å². The maximum Gasteiger partial charge on any atom is 0.133 e. The molecule has 0 bridgehead atoms. The molecule has 0 N–H and O–H groups in total. The lowest BCUT2D eigenvalue weighted by atomic mass is 9.99. The van der Waals surface area contributed by atoms with Gasteiger partial charge in [0.2, 0.25) is 0 Å². The summed E-state index contributed by atoms with van der Waals surface area (Å²) >= 11 is 5.96. The van der Waals surface area contributed by atoms with Crippen LogP contribution in [0.2, 0.25) is 5.15 Å². The van der Waals surface area contributed by atoms with Crippen LogP contribution < -0.4 is 0 Å². The van der Waals surface area contributed by atoms with Crippen molar-refractivity contribution in [2.24, 2.45) is 0 Å². The number of aryl methyl sites for hydroxylation is 1. The van der Waals surface area contributed by atoms with Crippen molar-refractivity contribution in [3.05, 3.63) is 22.7 Å². The van der Waals surface area contributed by atoms with E-state index in [-0.39, 0.29) is 0 Å². The van der Waals surface area contributed by atoms with Crippen molar-refractivity contribution in [2.45, 2.75) is 51.4 Å². The average Bonchev–Trinajstić information content (AvgIpc) is 2.43. The van der Waals surface area contributed by atoms with Gasteiger partial charge in [0.15, 0.2) is 0 Å².